The quantitative estimate of drug-likeness (QED) is 0.117. The lowest BCUT2D eigenvalue weighted by atomic mass is 9.70. The van der Waals surface area contributed by atoms with Crippen molar-refractivity contribution in [2.45, 2.75) is 68.4 Å². The van der Waals surface area contributed by atoms with Crippen LogP contribution in [0.25, 0.3) is 0 Å². The highest BCUT2D eigenvalue weighted by molar-refractivity contribution is 5.98. The summed E-state index contributed by atoms with van der Waals surface area (Å²) < 4.78 is 23.9. The third-order valence-electron chi connectivity index (χ3n) is 10.6. The van der Waals surface area contributed by atoms with E-state index >= 15 is 0 Å². The van der Waals surface area contributed by atoms with Crippen LogP contribution in [0.5, 0.6) is 0 Å². The Bertz CT molecular complexity index is 1370. The number of nitrogens with zero attached hydrogens (tertiary/aromatic N) is 3. The van der Waals surface area contributed by atoms with Crippen molar-refractivity contribution in [3.63, 3.8) is 0 Å². The number of benzene rings is 1. The molecule has 1 spiro atoms. The molecule has 0 aromatic heterocycles. The number of methoxy groups -OCH3 is 1. The molecule has 0 unspecified atom stereocenters. The number of fused-ring (bicyclic) bond motifs is 1. The molecule has 13 nitrogen and oxygen atoms in total. The van der Waals surface area contributed by atoms with Crippen LogP contribution in [0.3, 0.4) is 0 Å². The molecule has 4 saturated heterocycles. The molecule has 51 heavy (non-hydrogen) atoms. The van der Waals surface area contributed by atoms with Gasteiger partial charge in [-0.3, -0.25) is 24.1 Å². The number of rotatable bonds is 20. The van der Waals surface area contributed by atoms with Crippen LogP contribution >= 0.6 is 0 Å². The molecule has 0 saturated carbocycles. The van der Waals surface area contributed by atoms with Gasteiger partial charge in [0.1, 0.15) is 17.7 Å². The highest BCUT2D eigenvalue weighted by Crippen LogP contribution is 2.59. The molecule has 0 aliphatic carbocycles. The van der Waals surface area contributed by atoms with Gasteiger partial charge in [-0.2, -0.15) is 0 Å². The minimum atomic E-state index is -1.20. The van der Waals surface area contributed by atoms with E-state index < -0.39 is 47.7 Å². The molecule has 2 N–H and O–H groups in total. The van der Waals surface area contributed by atoms with Crippen molar-refractivity contribution >= 4 is 23.7 Å². The fourth-order valence-corrected chi connectivity index (χ4v) is 8.17. The summed E-state index contributed by atoms with van der Waals surface area (Å²) in [5.41, 5.74) is -0.541. The van der Waals surface area contributed by atoms with Crippen LogP contribution in [-0.2, 0) is 38.1 Å². The number of carbonyl (C=O) groups is 4. The number of hydrogen-bond donors (Lipinski definition) is 2. The molecule has 3 amide bonds. The number of unbranched alkanes of at least 4 members (excludes halogenated alkanes) is 1. The first-order valence-electron chi connectivity index (χ1n) is 18.2. The first-order chi connectivity index (χ1) is 24.8. The summed E-state index contributed by atoms with van der Waals surface area (Å²) in [5, 5.41) is 12.5. The Morgan fingerprint density at radius 3 is 2.59 bits per heavy atom. The van der Waals surface area contributed by atoms with E-state index in [2.05, 4.69) is 23.4 Å². The first kappa shape index (κ1) is 38.6. The molecular formula is C38H54N4O9. The van der Waals surface area contributed by atoms with Crippen molar-refractivity contribution in [1.82, 2.24) is 20.0 Å². The van der Waals surface area contributed by atoms with Crippen LogP contribution in [0.2, 0.25) is 0 Å². The van der Waals surface area contributed by atoms with Gasteiger partial charge in [0.25, 0.3) is 0 Å². The molecule has 4 fully saturated rings. The number of ether oxygens (including phenoxy) is 4. The lowest BCUT2D eigenvalue weighted by molar-refractivity contribution is -0.163. The van der Waals surface area contributed by atoms with Gasteiger partial charge in [-0.15, -0.1) is 13.2 Å². The van der Waals surface area contributed by atoms with Gasteiger partial charge in [0.2, 0.25) is 17.7 Å². The SMILES string of the molecule is C=CCCC(=O)N[C@@H](COC)[C@@H](OC(=O)[C@@H]1[C@@H]2CC[C@]3(O2)[C@H](C(=O)N(CC=C)CCN2CCOCC2)N(CCCCO)C(=O)[C@@H]13)c1ccccc1. The van der Waals surface area contributed by atoms with Crippen molar-refractivity contribution in [2.75, 3.05) is 72.8 Å². The summed E-state index contributed by atoms with van der Waals surface area (Å²) in [7, 11) is 1.51. The van der Waals surface area contributed by atoms with Crippen molar-refractivity contribution < 1.29 is 43.2 Å². The van der Waals surface area contributed by atoms with E-state index in [1.165, 1.54) is 7.11 Å². The second-order valence-electron chi connectivity index (χ2n) is 13.8. The van der Waals surface area contributed by atoms with Gasteiger partial charge in [-0.1, -0.05) is 42.5 Å². The van der Waals surface area contributed by atoms with E-state index in [9.17, 15) is 24.3 Å². The number of carbonyl (C=O) groups excluding carboxylic acids is 4. The number of allylic oxidation sites excluding steroid dienone is 1. The number of aliphatic hydroxyl groups excluding tert-OH is 1. The number of aliphatic hydroxyl groups is 1. The lowest BCUT2D eigenvalue weighted by Crippen LogP contribution is -2.57. The Morgan fingerprint density at radius 1 is 1.14 bits per heavy atom. The molecule has 4 aliphatic heterocycles. The molecule has 4 aliphatic rings. The fourth-order valence-electron chi connectivity index (χ4n) is 8.17. The van der Waals surface area contributed by atoms with Gasteiger partial charge in [0, 0.05) is 59.4 Å². The number of likely N-dealkylation sites (tertiary alicyclic amines) is 1. The minimum Gasteiger partial charge on any atom is -0.455 e. The second-order valence-corrected chi connectivity index (χ2v) is 13.8. The lowest BCUT2D eigenvalue weighted by Gasteiger charge is -2.37. The van der Waals surface area contributed by atoms with Crippen molar-refractivity contribution in [3.8, 4) is 0 Å². The normalized spacial score (nSPS) is 26.7. The Morgan fingerprint density at radius 2 is 1.90 bits per heavy atom. The highest BCUT2D eigenvalue weighted by Gasteiger charge is 2.75. The zero-order valence-corrected chi connectivity index (χ0v) is 29.8. The van der Waals surface area contributed by atoms with Gasteiger partial charge in [0.05, 0.1) is 43.8 Å². The number of amides is 3. The topological polar surface area (TPSA) is 147 Å². The third-order valence-corrected chi connectivity index (χ3v) is 10.6. The molecular weight excluding hydrogens is 656 g/mol. The van der Waals surface area contributed by atoms with Crippen LogP contribution in [0, 0.1) is 11.8 Å². The number of nitrogens with one attached hydrogen (secondary N) is 1. The van der Waals surface area contributed by atoms with E-state index in [4.69, 9.17) is 18.9 Å². The van der Waals surface area contributed by atoms with E-state index in [1.54, 1.807) is 22.0 Å². The summed E-state index contributed by atoms with van der Waals surface area (Å²) in [4.78, 5) is 62.0. The smallest absolute Gasteiger partial charge is 0.313 e. The molecule has 5 rings (SSSR count). The Kier molecular flexibility index (Phi) is 13.8. The monoisotopic (exact) mass is 710 g/mol. The second kappa shape index (κ2) is 18.2. The van der Waals surface area contributed by atoms with E-state index in [1.807, 2.05) is 30.3 Å². The van der Waals surface area contributed by atoms with Crippen LogP contribution in [0.4, 0.5) is 0 Å². The average molecular weight is 711 g/mol. The summed E-state index contributed by atoms with van der Waals surface area (Å²) >= 11 is 0. The van der Waals surface area contributed by atoms with Crippen LogP contribution in [0.15, 0.2) is 55.6 Å². The maximum absolute atomic E-state index is 14.6. The fraction of sp³-hybridized carbons (Fsp3) is 0.632. The summed E-state index contributed by atoms with van der Waals surface area (Å²) in [5.74, 6) is -3.27. The summed E-state index contributed by atoms with van der Waals surface area (Å²) in [6.07, 6.45) is 4.41. The maximum atomic E-state index is 14.6. The molecule has 1 aromatic rings. The maximum Gasteiger partial charge on any atom is 0.313 e. The molecule has 280 valence electrons. The zero-order chi connectivity index (χ0) is 36.4. The van der Waals surface area contributed by atoms with Crippen LogP contribution in [0.1, 0.15) is 50.2 Å². The predicted octanol–water partition coefficient (Wildman–Crippen LogP) is 1.86. The van der Waals surface area contributed by atoms with Gasteiger partial charge in [-0.05, 0) is 37.7 Å². The van der Waals surface area contributed by atoms with Crippen molar-refractivity contribution in [1.29, 1.82) is 0 Å². The predicted molar refractivity (Wildman–Crippen MR) is 188 cm³/mol. The minimum absolute atomic E-state index is 0.0431. The van der Waals surface area contributed by atoms with Gasteiger partial charge < -0.3 is 39.2 Å². The summed E-state index contributed by atoms with van der Waals surface area (Å²) in [6, 6.07) is 7.48. The molecule has 7 atom stereocenters. The van der Waals surface area contributed by atoms with E-state index in [-0.39, 0.29) is 43.9 Å². The Hall–Kier alpha value is -3.62. The molecule has 0 radical (unpaired) electrons. The number of hydrogen-bond acceptors (Lipinski definition) is 10. The van der Waals surface area contributed by atoms with Gasteiger partial charge in [-0.25, -0.2) is 0 Å². The molecule has 13 heteroatoms. The average Bonchev–Trinajstić information content (AvgIpc) is 3.79. The van der Waals surface area contributed by atoms with E-state index in [0.717, 1.165) is 13.1 Å². The van der Waals surface area contributed by atoms with Gasteiger partial charge in [0.15, 0.2) is 0 Å². The molecule has 2 bridgehead atoms. The molecule has 4 heterocycles. The standard InChI is InChI=1S/C38H54N4O9/c1-4-6-14-30(44)39-28(26-48-3)33(27-12-8-7-9-13-27)50-37(47)31-29-15-16-38(51-29)32(31)35(45)42(18-10-11-23-43)34(38)36(46)41(17-5-2)20-19-40-21-24-49-25-22-40/h4-5,7-9,12-13,28-29,31-34,43H,1-2,6,10-11,14-26H2,3H3,(H,39,44)/t28-,29-,31+,32+,33-,34-,38+/m0/s1. The third kappa shape index (κ3) is 8.55. The zero-order valence-electron chi connectivity index (χ0n) is 29.8. The summed E-state index contributed by atoms with van der Waals surface area (Å²) in [6.45, 7) is 12.1. The van der Waals surface area contributed by atoms with Crippen LogP contribution in [-0.4, -0.2) is 140 Å². The van der Waals surface area contributed by atoms with Crippen molar-refractivity contribution in [2.24, 2.45) is 11.8 Å². The van der Waals surface area contributed by atoms with E-state index in [0.29, 0.717) is 70.5 Å². The number of morpholine rings is 1. The Balaban J connectivity index is 1.43. The van der Waals surface area contributed by atoms with Crippen molar-refractivity contribution in [3.05, 3.63) is 61.2 Å². The van der Waals surface area contributed by atoms with Crippen LogP contribution < -0.4 is 5.32 Å². The molecule has 1 aromatic carbocycles. The first-order valence-corrected chi connectivity index (χ1v) is 18.2. The highest BCUT2D eigenvalue weighted by atomic mass is 16.6. The number of esters is 1. The Labute approximate surface area is 300 Å². The van der Waals surface area contributed by atoms with Gasteiger partial charge >= 0.3 is 5.97 Å². The largest absolute Gasteiger partial charge is 0.455 e.